The lowest BCUT2D eigenvalue weighted by atomic mass is 10.2. The van der Waals surface area contributed by atoms with Gasteiger partial charge in [-0.3, -0.25) is 20.2 Å². The Labute approximate surface area is 141 Å². The third kappa shape index (κ3) is 4.46. The standard InChI is InChI=1S/C12H8IN3O5S/c13-8-3-1-7(2-4-8)11(18)21-6-9(17)15-12-14-5-10(22-12)16(19)20/h1-5H,6H2,(H,14,15,17). The normalized spacial score (nSPS) is 10.0. The molecule has 0 aliphatic rings. The Morgan fingerprint density at radius 2 is 2.05 bits per heavy atom. The fourth-order valence-electron chi connectivity index (χ4n) is 1.36. The first kappa shape index (κ1) is 16.3. The first-order valence-electron chi connectivity index (χ1n) is 5.78. The number of rotatable bonds is 5. The lowest BCUT2D eigenvalue weighted by Gasteiger charge is -2.04. The van der Waals surface area contributed by atoms with E-state index in [1.807, 2.05) is 0 Å². The van der Waals surface area contributed by atoms with Crippen LogP contribution in [0.15, 0.2) is 30.5 Å². The lowest BCUT2D eigenvalue weighted by molar-refractivity contribution is -0.380. The Hall–Kier alpha value is -2.08. The number of hydrogen-bond donors (Lipinski definition) is 1. The van der Waals surface area contributed by atoms with Gasteiger partial charge in [-0.05, 0) is 58.2 Å². The molecule has 114 valence electrons. The topological polar surface area (TPSA) is 111 Å². The summed E-state index contributed by atoms with van der Waals surface area (Å²) in [4.78, 5) is 36.8. The van der Waals surface area contributed by atoms with Crippen molar-refractivity contribution in [2.75, 3.05) is 11.9 Å². The number of carbonyl (C=O) groups is 2. The molecule has 2 rings (SSSR count). The summed E-state index contributed by atoms with van der Waals surface area (Å²) >= 11 is 2.82. The number of hydrogen-bond acceptors (Lipinski definition) is 7. The number of ether oxygens (including phenoxy) is 1. The maximum atomic E-state index is 11.7. The summed E-state index contributed by atoms with van der Waals surface area (Å²) < 4.78 is 5.82. The van der Waals surface area contributed by atoms with Gasteiger partial charge in [-0.25, -0.2) is 9.78 Å². The summed E-state index contributed by atoms with van der Waals surface area (Å²) in [5, 5.41) is 12.7. The highest BCUT2D eigenvalue weighted by molar-refractivity contribution is 14.1. The third-order valence-electron chi connectivity index (χ3n) is 2.33. The first-order valence-corrected chi connectivity index (χ1v) is 7.68. The molecule has 0 fully saturated rings. The highest BCUT2D eigenvalue weighted by atomic mass is 127. The summed E-state index contributed by atoms with van der Waals surface area (Å²) in [5.74, 6) is -1.25. The zero-order valence-corrected chi connectivity index (χ0v) is 13.8. The van der Waals surface area contributed by atoms with E-state index in [-0.39, 0.29) is 10.1 Å². The van der Waals surface area contributed by atoms with Crippen molar-refractivity contribution in [2.45, 2.75) is 0 Å². The average Bonchev–Trinajstić information content (AvgIpc) is 2.94. The van der Waals surface area contributed by atoms with Gasteiger partial charge in [0, 0.05) is 3.57 Å². The van der Waals surface area contributed by atoms with E-state index in [4.69, 9.17) is 4.74 Å². The Morgan fingerprint density at radius 1 is 1.36 bits per heavy atom. The number of nitrogens with one attached hydrogen (secondary N) is 1. The molecular formula is C12H8IN3O5S. The van der Waals surface area contributed by atoms with Crippen molar-refractivity contribution in [2.24, 2.45) is 0 Å². The minimum atomic E-state index is -0.628. The molecule has 0 unspecified atom stereocenters. The van der Waals surface area contributed by atoms with Gasteiger partial charge in [-0.2, -0.15) is 0 Å². The Bertz CT molecular complexity index is 716. The monoisotopic (exact) mass is 433 g/mol. The van der Waals surface area contributed by atoms with Gasteiger partial charge in [0.2, 0.25) is 0 Å². The molecule has 1 amide bonds. The van der Waals surface area contributed by atoms with E-state index >= 15 is 0 Å². The Morgan fingerprint density at radius 3 is 2.64 bits per heavy atom. The van der Waals surface area contributed by atoms with Crippen molar-refractivity contribution in [1.82, 2.24) is 4.98 Å². The molecule has 1 aromatic heterocycles. The van der Waals surface area contributed by atoms with E-state index in [0.29, 0.717) is 5.56 Å². The molecule has 0 saturated carbocycles. The molecule has 0 radical (unpaired) electrons. The van der Waals surface area contributed by atoms with Gasteiger partial charge >= 0.3 is 11.0 Å². The SMILES string of the molecule is O=C(COC(=O)c1ccc(I)cc1)Nc1ncc([N+](=O)[O-])s1. The van der Waals surface area contributed by atoms with Crippen molar-refractivity contribution in [3.63, 3.8) is 0 Å². The third-order valence-corrected chi connectivity index (χ3v) is 3.92. The quantitative estimate of drug-likeness (QED) is 0.336. The van der Waals surface area contributed by atoms with Crippen LogP contribution >= 0.6 is 33.9 Å². The van der Waals surface area contributed by atoms with Gasteiger partial charge in [-0.1, -0.05) is 0 Å². The van der Waals surface area contributed by atoms with Crippen molar-refractivity contribution in [3.8, 4) is 0 Å². The Kier molecular flexibility index (Phi) is 5.38. The van der Waals surface area contributed by atoms with Gasteiger partial charge in [0.15, 0.2) is 11.7 Å². The predicted octanol–water partition coefficient (Wildman–Crippen LogP) is 2.45. The molecule has 1 heterocycles. The molecule has 0 spiro atoms. The molecule has 10 heteroatoms. The van der Waals surface area contributed by atoms with Crippen LogP contribution in [0.5, 0.6) is 0 Å². The average molecular weight is 433 g/mol. The first-order chi connectivity index (χ1) is 10.5. The molecule has 1 N–H and O–H groups in total. The van der Waals surface area contributed by atoms with Crippen LogP contribution < -0.4 is 5.32 Å². The van der Waals surface area contributed by atoms with Crippen LogP contribution in [0.4, 0.5) is 10.1 Å². The summed E-state index contributed by atoms with van der Waals surface area (Å²) in [6.07, 6.45) is 1.04. The lowest BCUT2D eigenvalue weighted by Crippen LogP contribution is -2.20. The van der Waals surface area contributed by atoms with Crippen LogP contribution in [0, 0.1) is 13.7 Å². The highest BCUT2D eigenvalue weighted by Crippen LogP contribution is 2.24. The minimum absolute atomic E-state index is 0.0713. The minimum Gasteiger partial charge on any atom is -0.452 e. The number of benzene rings is 1. The fraction of sp³-hybridized carbons (Fsp3) is 0.0833. The van der Waals surface area contributed by atoms with Crippen molar-refractivity contribution in [1.29, 1.82) is 0 Å². The molecular weight excluding hydrogens is 425 g/mol. The summed E-state index contributed by atoms with van der Waals surface area (Å²) in [7, 11) is 0. The second-order valence-corrected chi connectivity index (χ2v) is 6.15. The van der Waals surface area contributed by atoms with Crippen LogP contribution in [0.25, 0.3) is 0 Å². The number of nitrogens with zero attached hydrogens (tertiary/aromatic N) is 2. The smallest absolute Gasteiger partial charge is 0.345 e. The van der Waals surface area contributed by atoms with Gasteiger partial charge in [0.1, 0.15) is 6.20 Å². The molecule has 0 bridgehead atoms. The summed E-state index contributed by atoms with van der Waals surface area (Å²) in [6.45, 7) is -0.502. The van der Waals surface area contributed by atoms with Crippen molar-refractivity contribution >= 4 is 55.9 Å². The highest BCUT2D eigenvalue weighted by Gasteiger charge is 2.15. The maximum absolute atomic E-state index is 11.7. The molecule has 0 aliphatic carbocycles. The summed E-state index contributed by atoms with van der Waals surface area (Å²) in [6, 6.07) is 6.66. The molecule has 22 heavy (non-hydrogen) atoms. The predicted molar refractivity (Wildman–Crippen MR) is 86.8 cm³/mol. The number of carbonyl (C=O) groups excluding carboxylic acids is 2. The number of halogens is 1. The maximum Gasteiger partial charge on any atom is 0.345 e. The van der Waals surface area contributed by atoms with E-state index in [9.17, 15) is 19.7 Å². The number of esters is 1. The van der Waals surface area contributed by atoms with E-state index in [1.54, 1.807) is 24.3 Å². The van der Waals surface area contributed by atoms with Crippen molar-refractivity contribution < 1.29 is 19.2 Å². The second-order valence-electron chi connectivity index (χ2n) is 3.89. The number of nitro groups is 1. The van der Waals surface area contributed by atoms with Crippen LogP contribution in [-0.4, -0.2) is 28.4 Å². The van der Waals surface area contributed by atoms with Gasteiger partial charge in [0.05, 0.1) is 10.5 Å². The fourth-order valence-corrected chi connectivity index (χ4v) is 2.37. The molecule has 8 nitrogen and oxygen atoms in total. The van der Waals surface area contributed by atoms with E-state index < -0.39 is 23.4 Å². The van der Waals surface area contributed by atoms with Crippen LogP contribution in [0.2, 0.25) is 0 Å². The number of thiazole rings is 1. The largest absolute Gasteiger partial charge is 0.452 e. The van der Waals surface area contributed by atoms with Crippen LogP contribution in [-0.2, 0) is 9.53 Å². The zero-order valence-electron chi connectivity index (χ0n) is 10.8. The Balaban J connectivity index is 1.85. The van der Waals surface area contributed by atoms with Crippen molar-refractivity contribution in [3.05, 3.63) is 49.7 Å². The van der Waals surface area contributed by atoms with Gasteiger partial charge in [-0.15, -0.1) is 0 Å². The molecule has 0 aliphatic heterocycles. The molecule has 2 aromatic rings. The second kappa shape index (κ2) is 7.26. The summed E-state index contributed by atoms with van der Waals surface area (Å²) in [5.41, 5.74) is 0.332. The number of amides is 1. The van der Waals surface area contributed by atoms with Gasteiger partial charge in [0.25, 0.3) is 5.91 Å². The van der Waals surface area contributed by atoms with Crippen LogP contribution in [0.3, 0.4) is 0 Å². The zero-order chi connectivity index (χ0) is 16.1. The molecule has 0 saturated heterocycles. The van der Waals surface area contributed by atoms with E-state index in [2.05, 4.69) is 32.9 Å². The number of aromatic nitrogens is 1. The molecule has 0 atom stereocenters. The van der Waals surface area contributed by atoms with E-state index in [1.165, 1.54) is 0 Å². The number of anilines is 1. The van der Waals surface area contributed by atoms with Crippen LogP contribution in [0.1, 0.15) is 10.4 Å². The molecule has 1 aromatic carbocycles. The van der Waals surface area contributed by atoms with E-state index in [0.717, 1.165) is 21.1 Å². The van der Waals surface area contributed by atoms with Gasteiger partial charge < -0.3 is 4.74 Å².